The highest BCUT2D eigenvalue weighted by Gasteiger charge is 2.03. The van der Waals surface area contributed by atoms with Crippen LogP contribution in [0.15, 0.2) is 0 Å². The summed E-state index contributed by atoms with van der Waals surface area (Å²) in [6.45, 7) is 8.96. The summed E-state index contributed by atoms with van der Waals surface area (Å²) >= 11 is -0.589. The van der Waals surface area contributed by atoms with E-state index in [2.05, 4.69) is 4.74 Å². The van der Waals surface area contributed by atoms with Crippen LogP contribution in [0.1, 0.15) is 34.1 Å². The Bertz CT molecular complexity index is 180. The first-order valence-corrected chi connectivity index (χ1v) is 6.54. The van der Waals surface area contributed by atoms with Gasteiger partial charge in [0, 0.05) is 13.2 Å². The Morgan fingerprint density at radius 2 is 1.50 bits per heavy atom. The first-order valence-electron chi connectivity index (χ1n) is 5.38. The van der Waals surface area contributed by atoms with E-state index in [0.717, 1.165) is 13.2 Å². The molecule has 0 N–H and O–H groups in total. The number of carbonyl (C=O) groups excluding carboxylic acids is 2. The Kier molecular flexibility index (Phi) is 16.4. The summed E-state index contributed by atoms with van der Waals surface area (Å²) in [6, 6.07) is 0. The van der Waals surface area contributed by atoms with Crippen molar-refractivity contribution in [3.8, 4) is 0 Å². The molecule has 0 aliphatic heterocycles. The van der Waals surface area contributed by atoms with Gasteiger partial charge in [-0.3, -0.25) is 9.59 Å². The molecule has 0 saturated heterocycles. The van der Waals surface area contributed by atoms with Crippen molar-refractivity contribution in [1.29, 1.82) is 0 Å². The van der Waals surface area contributed by atoms with Crippen molar-refractivity contribution in [2.45, 2.75) is 34.1 Å². The largest absolute Gasteiger partial charge is 0.649 e. The van der Waals surface area contributed by atoms with E-state index in [0.29, 0.717) is 6.61 Å². The maximum absolute atomic E-state index is 10.4. The fourth-order valence-corrected chi connectivity index (χ4v) is 1.09. The molecule has 0 aliphatic carbocycles. The average molecular weight is 248 g/mol. The number of ether oxygens (including phenoxy) is 1. The van der Waals surface area contributed by atoms with Crippen molar-refractivity contribution < 1.29 is 21.9 Å². The zero-order valence-corrected chi connectivity index (χ0v) is 12.0. The van der Waals surface area contributed by atoms with E-state index in [-0.39, 0.29) is 12.2 Å². The van der Waals surface area contributed by atoms with Crippen LogP contribution >= 0.6 is 0 Å². The Hall–Kier alpha value is -0.408. The third-order valence-electron chi connectivity index (χ3n) is 1.27. The van der Waals surface area contributed by atoms with E-state index in [1.807, 2.05) is 13.8 Å². The van der Waals surface area contributed by atoms with Crippen molar-refractivity contribution in [2.75, 3.05) is 19.8 Å². The molecular weight excluding hydrogens is 227 g/mol. The Morgan fingerprint density at radius 3 is 1.81 bits per heavy atom. The molecule has 0 saturated carbocycles. The predicted octanol–water partition coefficient (Wildman–Crippen LogP) is 0.854. The fraction of sp³-hybridized carbons (Fsp3) is 0.800. The van der Waals surface area contributed by atoms with Crippen LogP contribution in [0.3, 0.4) is 0 Å². The number of hydrogen-bond acceptors (Lipinski definition) is 5. The van der Waals surface area contributed by atoms with Crippen molar-refractivity contribution >= 4 is 27.6 Å². The Morgan fingerprint density at radius 1 is 1.00 bits per heavy atom. The van der Waals surface area contributed by atoms with Crippen LogP contribution in [-0.2, 0) is 21.9 Å². The molecular formula is C10H21AlO5. The van der Waals surface area contributed by atoms with Gasteiger partial charge in [-0.15, -0.1) is 0 Å². The standard InChI is InChI=1S/C6H10O3.2C2H5O.Al.H/c1-3-9-6(8)4-5(2)7;2*1-2-3;;/h3-4H2,1-2H3;2*2H2,1H3;;/q;2*-1;+2;. The lowest BCUT2D eigenvalue weighted by Gasteiger charge is -1.96. The molecule has 0 aliphatic rings. The monoisotopic (exact) mass is 248 g/mol. The minimum atomic E-state index is -0.589. The van der Waals surface area contributed by atoms with Crippen LogP contribution in [0.4, 0.5) is 0 Å². The third-order valence-corrected chi connectivity index (χ3v) is 2.42. The summed E-state index contributed by atoms with van der Waals surface area (Å²) < 4.78 is 14.5. The van der Waals surface area contributed by atoms with Gasteiger partial charge in [0.05, 0.1) is 6.61 Å². The number of esters is 1. The van der Waals surface area contributed by atoms with Gasteiger partial charge in [-0.25, -0.2) is 0 Å². The summed E-state index contributed by atoms with van der Waals surface area (Å²) in [6.07, 6.45) is -0.103. The maximum atomic E-state index is 10.4. The van der Waals surface area contributed by atoms with Crippen LogP contribution in [0.2, 0.25) is 0 Å². The van der Waals surface area contributed by atoms with Gasteiger partial charge in [-0.05, 0) is 27.7 Å². The minimum absolute atomic E-state index is 0.103. The maximum Gasteiger partial charge on any atom is 0.649 e. The van der Waals surface area contributed by atoms with Crippen molar-refractivity contribution in [2.24, 2.45) is 0 Å². The molecule has 0 bridgehead atoms. The Balaban J connectivity index is 0. The summed E-state index contributed by atoms with van der Waals surface area (Å²) in [5.74, 6) is -0.599. The quantitative estimate of drug-likeness (QED) is 0.289. The molecule has 94 valence electrons. The number of Topliss-reactive ketones (excluding diaryl/α,β-unsaturated/α-hetero) is 1. The van der Waals surface area contributed by atoms with Gasteiger partial charge < -0.3 is 12.3 Å². The highest BCUT2D eigenvalue weighted by molar-refractivity contribution is 6.17. The van der Waals surface area contributed by atoms with E-state index < -0.39 is 21.9 Å². The molecule has 0 aromatic heterocycles. The SMILES string of the molecule is CCOC(=O)CC(C)=O.CC[O][AlH][O]CC. The predicted molar refractivity (Wildman–Crippen MR) is 62.3 cm³/mol. The van der Waals surface area contributed by atoms with Gasteiger partial charge >= 0.3 is 21.9 Å². The van der Waals surface area contributed by atoms with Gasteiger partial charge in [0.15, 0.2) is 0 Å². The molecule has 0 atom stereocenters. The van der Waals surface area contributed by atoms with Gasteiger partial charge in [0.2, 0.25) is 0 Å². The lowest BCUT2D eigenvalue weighted by Crippen LogP contribution is -2.07. The molecule has 0 amide bonds. The molecule has 0 heterocycles. The number of ketones is 1. The zero-order valence-electron chi connectivity index (χ0n) is 10.6. The summed E-state index contributed by atoms with van der Waals surface area (Å²) in [5.41, 5.74) is 0. The van der Waals surface area contributed by atoms with Gasteiger partial charge in [0.25, 0.3) is 0 Å². The van der Waals surface area contributed by atoms with Gasteiger partial charge in [0.1, 0.15) is 12.2 Å². The topological polar surface area (TPSA) is 61.8 Å². The van der Waals surface area contributed by atoms with Crippen molar-refractivity contribution in [3.63, 3.8) is 0 Å². The fourth-order valence-electron chi connectivity index (χ4n) is 0.641. The summed E-state index contributed by atoms with van der Waals surface area (Å²) in [7, 11) is 0. The van der Waals surface area contributed by atoms with E-state index in [4.69, 9.17) is 7.58 Å². The molecule has 5 nitrogen and oxygen atoms in total. The molecule has 0 spiro atoms. The van der Waals surface area contributed by atoms with Gasteiger partial charge in [-0.2, -0.15) is 0 Å². The zero-order chi connectivity index (χ0) is 12.8. The molecule has 0 fully saturated rings. The van der Waals surface area contributed by atoms with E-state index >= 15 is 0 Å². The first-order chi connectivity index (χ1) is 7.58. The smallest absolute Gasteiger partial charge is 0.481 e. The summed E-state index contributed by atoms with van der Waals surface area (Å²) in [4.78, 5) is 20.6. The molecule has 0 rings (SSSR count). The number of carbonyl (C=O) groups is 2. The second kappa shape index (κ2) is 14.6. The van der Waals surface area contributed by atoms with Gasteiger partial charge in [-0.1, -0.05) is 0 Å². The van der Waals surface area contributed by atoms with Crippen molar-refractivity contribution in [3.05, 3.63) is 0 Å². The highest BCUT2D eigenvalue weighted by Crippen LogP contribution is 1.86. The van der Waals surface area contributed by atoms with Crippen LogP contribution in [0.25, 0.3) is 0 Å². The van der Waals surface area contributed by atoms with Crippen LogP contribution in [0.5, 0.6) is 0 Å². The van der Waals surface area contributed by atoms with Crippen molar-refractivity contribution in [1.82, 2.24) is 0 Å². The first kappa shape index (κ1) is 18.0. The van der Waals surface area contributed by atoms with Crippen LogP contribution in [-0.4, -0.2) is 47.5 Å². The van der Waals surface area contributed by atoms with E-state index in [1.54, 1.807) is 6.92 Å². The van der Waals surface area contributed by atoms with Crippen LogP contribution in [0, 0.1) is 0 Å². The summed E-state index contributed by atoms with van der Waals surface area (Å²) in [5, 5.41) is 0. The number of hydrogen-bond donors (Lipinski definition) is 0. The molecule has 0 radical (unpaired) electrons. The van der Waals surface area contributed by atoms with E-state index in [1.165, 1.54) is 6.92 Å². The van der Waals surface area contributed by atoms with Crippen LogP contribution < -0.4 is 0 Å². The average Bonchev–Trinajstić information content (AvgIpc) is 2.18. The number of rotatable bonds is 7. The molecule has 0 unspecified atom stereocenters. The van der Waals surface area contributed by atoms with E-state index in [9.17, 15) is 9.59 Å². The lowest BCUT2D eigenvalue weighted by atomic mass is 10.3. The molecule has 0 aromatic rings. The third kappa shape index (κ3) is 19.2. The lowest BCUT2D eigenvalue weighted by molar-refractivity contribution is -0.145. The minimum Gasteiger partial charge on any atom is -0.481 e. The Labute approximate surface area is 104 Å². The second-order valence-electron chi connectivity index (χ2n) is 2.79. The highest BCUT2D eigenvalue weighted by atomic mass is 27.2. The molecule has 16 heavy (non-hydrogen) atoms. The second-order valence-corrected chi connectivity index (χ2v) is 3.84. The molecule has 6 heteroatoms. The normalized spacial score (nSPS) is 8.75. The molecule has 0 aromatic carbocycles.